The van der Waals surface area contributed by atoms with Crippen LogP contribution in [0.15, 0.2) is 66.7 Å². The summed E-state index contributed by atoms with van der Waals surface area (Å²) in [6.07, 6.45) is 5.80. The number of piperidine rings is 1. The first kappa shape index (κ1) is 33.5. The van der Waals surface area contributed by atoms with Gasteiger partial charge in [0, 0.05) is 37.3 Å². The number of carbonyl (C=O) groups excluding carboxylic acids is 2. The average Bonchev–Trinajstić information content (AvgIpc) is 3.15. The van der Waals surface area contributed by atoms with E-state index in [9.17, 15) is 14.0 Å². The lowest BCUT2D eigenvalue weighted by Gasteiger charge is -2.32. The highest BCUT2D eigenvalue weighted by Gasteiger charge is 2.22. The molecule has 0 spiro atoms. The zero-order valence-electron chi connectivity index (χ0n) is 23.9. The van der Waals surface area contributed by atoms with Crippen molar-refractivity contribution < 1.29 is 14.0 Å². The number of likely N-dealkylation sites (tertiary alicyclic amines) is 1. The Labute approximate surface area is 260 Å². The van der Waals surface area contributed by atoms with Gasteiger partial charge in [0.2, 0.25) is 0 Å². The van der Waals surface area contributed by atoms with Crippen LogP contribution in [-0.2, 0) is 26.1 Å². The van der Waals surface area contributed by atoms with Gasteiger partial charge in [-0.3, -0.25) is 14.6 Å². The third-order valence-electron chi connectivity index (χ3n) is 8.25. The van der Waals surface area contributed by atoms with Crippen molar-refractivity contribution in [3.05, 3.63) is 100 Å². The Morgan fingerprint density at radius 1 is 0.857 bits per heavy atom. The standard InChI is InChI=1S/C33H39FN4O2.2ClH/c34-30-11-6-25(7-12-30)21-38-16-2-4-27-9-10-28(20-29(27)23-38)32(39)13-8-24-14-17-37(18-15-24)22-26-3-1-5-31(19-26)36-33(35)40;;/h1,3,5-7,9-12,19-20,24H,2,4,8,13-18,21-23H2,(H3,35,36,40);2*1H. The van der Waals surface area contributed by atoms with E-state index in [1.165, 1.54) is 23.3 Å². The Morgan fingerprint density at radius 2 is 1.60 bits per heavy atom. The molecule has 2 amide bonds. The lowest BCUT2D eigenvalue weighted by atomic mass is 9.89. The van der Waals surface area contributed by atoms with Gasteiger partial charge in [0.1, 0.15) is 5.82 Å². The molecule has 5 rings (SSSR count). The Hall–Kier alpha value is -2.97. The molecular formula is C33H41Cl2FN4O2. The van der Waals surface area contributed by atoms with Crippen LogP contribution < -0.4 is 11.1 Å². The molecule has 3 aromatic rings. The third kappa shape index (κ3) is 9.53. The van der Waals surface area contributed by atoms with Crippen LogP contribution in [0.25, 0.3) is 0 Å². The highest BCUT2D eigenvalue weighted by molar-refractivity contribution is 5.96. The number of primary amides is 1. The molecule has 2 heterocycles. The molecular weight excluding hydrogens is 574 g/mol. The molecule has 42 heavy (non-hydrogen) atoms. The fourth-order valence-corrected chi connectivity index (χ4v) is 6.05. The molecule has 0 atom stereocenters. The van der Waals surface area contributed by atoms with E-state index in [0.717, 1.165) is 93.8 Å². The number of urea groups is 1. The minimum Gasteiger partial charge on any atom is -0.351 e. The fraction of sp³-hybridized carbons (Fsp3) is 0.394. The quantitative estimate of drug-likeness (QED) is 0.255. The highest BCUT2D eigenvalue weighted by atomic mass is 35.5. The minimum absolute atomic E-state index is 0. The predicted octanol–water partition coefficient (Wildman–Crippen LogP) is 6.98. The molecule has 3 N–H and O–H groups in total. The number of aryl methyl sites for hydroxylation is 1. The van der Waals surface area contributed by atoms with Gasteiger partial charge < -0.3 is 11.1 Å². The van der Waals surface area contributed by atoms with Crippen LogP contribution in [0.1, 0.15) is 64.7 Å². The molecule has 1 fully saturated rings. The van der Waals surface area contributed by atoms with Crippen LogP contribution in [0.2, 0.25) is 0 Å². The first-order chi connectivity index (χ1) is 19.4. The highest BCUT2D eigenvalue weighted by Crippen LogP contribution is 2.26. The second-order valence-electron chi connectivity index (χ2n) is 11.3. The lowest BCUT2D eigenvalue weighted by Crippen LogP contribution is -2.33. The number of carbonyl (C=O) groups is 2. The number of hydrogen-bond donors (Lipinski definition) is 2. The summed E-state index contributed by atoms with van der Waals surface area (Å²) >= 11 is 0. The normalized spacial score (nSPS) is 15.9. The van der Waals surface area contributed by atoms with Crippen molar-refractivity contribution in [2.24, 2.45) is 11.7 Å². The second kappa shape index (κ2) is 16.0. The number of fused-ring (bicyclic) bond motifs is 1. The molecule has 9 heteroatoms. The largest absolute Gasteiger partial charge is 0.351 e. The molecule has 2 aliphatic heterocycles. The molecule has 0 unspecified atom stereocenters. The van der Waals surface area contributed by atoms with Crippen molar-refractivity contribution in [2.45, 2.75) is 58.2 Å². The van der Waals surface area contributed by atoms with Gasteiger partial charge in [0.05, 0.1) is 0 Å². The van der Waals surface area contributed by atoms with Gasteiger partial charge in [-0.1, -0.05) is 36.4 Å². The molecule has 0 aromatic heterocycles. The Morgan fingerprint density at radius 3 is 2.33 bits per heavy atom. The monoisotopic (exact) mass is 614 g/mol. The van der Waals surface area contributed by atoms with Crippen molar-refractivity contribution in [3.63, 3.8) is 0 Å². The fourth-order valence-electron chi connectivity index (χ4n) is 6.05. The van der Waals surface area contributed by atoms with E-state index in [-0.39, 0.29) is 36.4 Å². The number of ketones is 1. The number of nitrogens with zero attached hydrogens (tertiary/aromatic N) is 2. The summed E-state index contributed by atoms with van der Waals surface area (Å²) in [5, 5.41) is 2.64. The van der Waals surface area contributed by atoms with E-state index < -0.39 is 6.03 Å². The molecule has 0 saturated carbocycles. The second-order valence-corrected chi connectivity index (χ2v) is 11.3. The number of hydrogen-bond acceptors (Lipinski definition) is 4. The van der Waals surface area contributed by atoms with Crippen LogP contribution in [0, 0.1) is 11.7 Å². The number of Topliss-reactive ketones (excluding diaryl/α,β-unsaturated/α-hetero) is 1. The van der Waals surface area contributed by atoms with E-state index in [2.05, 4.69) is 33.3 Å². The van der Waals surface area contributed by atoms with E-state index in [4.69, 9.17) is 5.73 Å². The Kier molecular flexibility index (Phi) is 12.8. The number of anilines is 1. The van der Waals surface area contributed by atoms with Crippen molar-refractivity contribution in [1.29, 1.82) is 0 Å². The summed E-state index contributed by atoms with van der Waals surface area (Å²) in [5.74, 6) is 0.592. The van der Waals surface area contributed by atoms with Crippen LogP contribution >= 0.6 is 24.8 Å². The molecule has 0 aliphatic carbocycles. The summed E-state index contributed by atoms with van der Waals surface area (Å²) in [6.45, 7) is 5.45. The smallest absolute Gasteiger partial charge is 0.316 e. The summed E-state index contributed by atoms with van der Waals surface area (Å²) in [6, 6.07) is 20.3. The summed E-state index contributed by atoms with van der Waals surface area (Å²) < 4.78 is 13.3. The first-order valence-corrected chi connectivity index (χ1v) is 14.4. The first-order valence-electron chi connectivity index (χ1n) is 14.4. The topological polar surface area (TPSA) is 78.7 Å². The van der Waals surface area contributed by atoms with Gasteiger partial charge in [-0.15, -0.1) is 24.8 Å². The number of nitrogens with one attached hydrogen (secondary N) is 1. The Balaban J connectivity index is 0.00000242. The number of nitrogens with two attached hydrogens (primary N) is 1. The lowest BCUT2D eigenvalue weighted by molar-refractivity contribution is 0.0961. The van der Waals surface area contributed by atoms with Crippen molar-refractivity contribution >= 4 is 42.3 Å². The molecule has 6 nitrogen and oxygen atoms in total. The maximum atomic E-state index is 13.3. The number of benzene rings is 3. The van der Waals surface area contributed by atoms with Crippen LogP contribution in [0.4, 0.5) is 14.9 Å². The van der Waals surface area contributed by atoms with Crippen molar-refractivity contribution in [3.8, 4) is 0 Å². The van der Waals surface area contributed by atoms with Crippen LogP contribution in [-0.4, -0.2) is 41.2 Å². The van der Waals surface area contributed by atoms with E-state index in [0.29, 0.717) is 12.3 Å². The van der Waals surface area contributed by atoms with Crippen LogP contribution in [0.3, 0.4) is 0 Å². The van der Waals surface area contributed by atoms with Gasteiger partial charge in [-0.25, -0.2) is 9.18 Å². The van der Waals surface area contributed by atoms with Crippen LogP contribution in [0.5, 0.6) is 0 Å². The zero-order valence-corrected chi connectivity index (χ0v) is 25.5. The summed E-state index contributed by atoms with van der Waals surface area (Å²) in [7, 11) is 0. The minimum atomic E-state index is -0.553. The number of halogens is 3. The molecule has 226 valence electrons. The van der Waals surface area contributed by atoms with Gasteiger partial charge in [0.25, 0.3) is 0 Å². The van der Waals surface area contributed by atoms with Crippen molar-refractivity contribution in [1.82, 2.24) is 9.80 Å². The zero-order chi connectivity index (χ0) is 27.9. The van der Waals surface area contributed by atoms with Gasteiger partial charge in [0.15, 0.2) is 5.78 Å². The summed E-state index contributed by atoms with van der Waals surface area (Å²) in [5.41, 5.74) is 11.6. The SMILES string of the molecule is Cl.Cl.NC(=O)Nc1cccc(CN2CCC(CCC(=O)c3ccc4c(c3)CN(Cc3ccc(F)cc3)CCC4)CC2)c1. The van der Waals surface area contributed by atoms with Crippen molar-refractivity contribution in [2.75, 3.05) is 25.0 Å². The van der Waals surface area contributed by atoms with E-state index >= 15 is 0 Å². The molecule has 0 bridgehead atoms. The maximum Gasteiger partial charge on any atom is 0.316 e. The van der Waals surface area contributed by atoms with Gasteiger partial charge in [-0.05, 0) is 110 Å². The van der Waals surface area contributed by atoms with E-state index in [1.54, 1.807) is 0 Å². The Bertz CT molecular complexity index is 1330. The average molecular weight is 616 g/mol. The molecule has 0 radical (unpaired) electrons. The van der Waals surface area contributed by atoms with Gasteiger partial charge in [-0.2, -0.15) is 0 Å². The maximum absolute atomic E-state index is 13.3. The molecule has 2 aliphatic rings. The summed E-state index contributed by atoms with van der Waals surface area (Å²) in [4.78, 5) is 29.1. The predicted molar refractivity (Wildman–Crippen MR) is 171 cm³/mol. The van der Waals surface area contributed by atoms with Gasteiger partial charge >= 0.3 is 6.03 Å². The third-order valence-corrected chi connectivity index (χ3v) is 8.25. The molecule has 1 saturated heterocycles. The van der Waals surface area contributed by atoms with E-state index in [1.807, 2.05) is 36.4 Å². The molecule has 3 aromatic carbocycles. The number of amides is 2. The number of rotatable bonds is 9.